The number of aromatic nitrogens is 2. The lowest BCUT2D eigenvalue weighted by Crippen LogP contribution is -2.43. The van der Waals surface area contributed by atoms with E-state index in [0.29, 0.717) is 12.3 Å². The molecule has 0 aliphatic rings. The predicted molar refractivity (Wildman–Crippen MR) is 101 cm³/mol. The van der Waals surface area contributed by atoms with Gasteiger partial charge in [-0.1, -0.05) is 39.5 Å². The van der Waals surface area contributed by atoms with Gasteiger partial charge in [-0.2, -0.15) is 0 Å². The van der Waals surface area contributed by atoms with Crippen LogP contribution < -0.4 is 5.32 Å². The number of carbonyl (C=O) groups excluding carboxylic acids is 2. The summed E-state index contributed by atoms with van der Waals surface area (Å²) in [7, 11) is 1.34. The summed E-state index contributed by atoms with van der Waals surface area (Å²) in [6.45, 7) is 13.2. The molecule has 0 aliphatic heterocycles. The van der Waals surface area contributed by atoms with Gasteiger partial charge in [-0.15, -0.1) is 0 Å². The lowest BCUT2D eigenvalue weighted by Gasteiger charge is -2.18. The Hall–Kier alpha value is -1.50. The van der Waals surface area contributed by atoms with E-state index >= 15 is 0 Å². The number of esters is 1. The number of ether oxygens (including phenoxy) is 1. The summed E-state index contributed by atoms with van der Waals surface area (Å²) in [6.07, 6.45) is 0.559. The van der Waals surface area contributed by atoms with Crippen LogP contribution in [0.15, 0.2) is 5.16 Å². The Morgan fingerprint density at radius 1 is 1.20 bits per heavy atom. The zero-order valence-corrected chi connectivity index (χ0v) is 17.2. The fraction of sp³-hybridized carbons (Fsp3) is 0.722. The molecular formula is C18H31N3O3S. The zero-order chi connectivity index (χ0) is 19.1. The van der Waals surface area contributed by atoms with Crippen LogP contribution in [-0.2, 0) is 20.9 Å². The van der Waals surface area contributed by atoms with Crippen LogP contribution in [0, 0.1) is 25.7 Å². The molecule has 1 aromatic rings. The van der Waals surface area contributed by atoms with Gasteiger partial charge in [0.25, 0.3) is 0 Å². The van der Waals surface area contributed by atoms with Gasteiger partial charge in [0.2, 0.25) is 5.91 Å². The smallest absolute Gasteiger partial charge is 0.328 e. The summed E-state index contributed by atoms with van der Waals surface area (Å²) in [5, 5.41) is 3.62. The Balaban J connectivity index is 2.72. The van der Waals surface area contributed by atoms with E-state index in [0.717, 1.165) is 23.1 Å². The standard InChI is InChI=1S/C18H31N3O3S/c1-11(2)8-15(17(23)24-7)20-16(22)10-25-18-19-13(5)14(6)21(18)9-12(3)4/h11-12,15H,8-10H2,1-7H3,(H,20,22)/t15-/m0/s1. The highest BCUT2D eigenvalue weighted by molar-refractivity contribution is 7.99. The SMILES string of the molecule is COC(=O)[C@H](CC(C)C)NC(=O)CSc1nc(C)c(C)n1CC(C)C. The minimum Gasteiger partial charge on any atom is -0.467 e. The number of rotatable bonds is 9. The van der Waals surface area contributed by atoms with E-state index in [1.165, 1.54) is 18.9 Å². The zero-order valence-electron chi connectivity index (χ0n) is 16.4. The monoisotopic (exact) mass is 369 g/mol. The van der Waals surface area contributed by atoms with Gasteiger partial charge in [0.1, 0.15) is 6.04 Å². The first-order valence-corrected chi connectivity index (χ1v) is 9.67. The van der Waals surface area contributed by atoms with Gasteiger partial charge < -0.3 is 14.6 Å². The van der Waals surface area contributed by atoms with Gasteiger partial charge in [0.05, 0.1) is 18.6 Å². The third kappa shape index (κ3) is 6.72. The fourth-order valence-corrected chi connectivity index (χ4v) is 3.42. The van der Waals surface area contributed by atoms with E-state index in [1.54, 1.807) is 0 Å². The molecule has 0 fully saturated rings. The number of hydrogen-bond acceptors (Lipinski definition) is 5. The molecule has 0 saturated carbocycles. The van der Waals surface area contributed by atoms with Crippen LogP contribution in [0.3, 0.4) is 0 Å². The second-order valence-electron chi connectivity index (χ2n) is 7.13. The molecule has 6 nitrogen and oxygen atoms in total. The second kappa shape index (κ2) is 9.85. The number of amides is 1. The minimum absolute atomic E-state index is 0.185. The maximum absolute atomic E-state index is 12.3. The van der Waals surface area contributed by atoms with Crippen LogP contribution in [0.2, 0.25) is 0 Å². The summed E-state index contributed by atoms with van der Waals surface area (Å²) >= 11 is 1.40. The molecule has 1 amide bonds. The third-order valence-corrected chi connectivity index (χ3v) is 4.81. The van der Waals surface area contributed by atoms with Gasteiger partial charge in [-0.25, -0.2) is 9.78 Å². The molecule has 25 heavy (non-hydrogen) atoms. The third-order valence-electron chi connectivity index (χ3n) is 3.83. The van der Waals surface area contributed by atoms with Crippen LogP contribution in [0.4, 0.5) is 0 Å². The summed E-state index contributed by atoms with van der Waals surface area (Å²) < 4.78 is 6.94. The number of hydrogen-bond donors (Lipinski definition) is 1. The topological polar surface area (TPSA) is 73.2 Å². The summed E-state index contributed by atoms with van der Waals surface area (Å²) in [5.74, 6) is 0.414. The molecule has 1 rings (SSSR count). The van der Waals surface area contributed by atoms with Crippen molar-refractivity contribution in [2.45, 2.75) is 65.7 Å². The van der Waals surface area contributed by atoms with Crippen molar-refractivity contribution in [1.82, 2.24) is 14.9 Å². The maximum Gasteiger partial charge on any atom is 0.328 e. The molecule has 0 unspecified atom stereocenters. The molecule has 1 aromatic heterocycles. The lowest BCUT2D eigenvalue weighted by molar-refractivity contribution is -0.145. The van der Waals surface area contributed by atoms with E-state index in [4.69, 9.17) is 4.74 Å². The molecule has 0 bridgehead atoms. The van der Waals surface area contributed by atoms with Crippen LogP contribution in [0.5, 0.6) is 0 Å². The molecule has 142 valence electrons. The van der Waals surface area contributed by atoms with E-state index in [9.17, 15) is 9.59 Å². The molecule has 0 radical (unpaired) electrons. The van der Waals surface area contributed by atoms with Crippen LogP contribution in [0.25, 0.3) is 0 Å². The van der Waals surface area contributed by atoms with Crippen molar-refractivity contribution in [3.05, 3.63) is 11.4 Å². The van der Waals surface area contributed by atoms with Gasteiger partial charge in [0, 0.05) is 12.2 Å². The molecule has 1 atom stereocenters. The number of carbonyl (C=O) groups is 2. The fourth-order valence-electron chi connectivity index (χ4n) is 2.51. The van der Waals surface area contributed by atoms with Gasteiger partial charge >= 0.3 is 5.97 Å². The number of nitrogens with zero attached hydrogens (tertiary/aromatic N) is 2. The second-order valence-corrected chi connectivity index (χ2v) is 8.07. The van der Waals surface area contributed by atoms with Gasteiger partial charge in [-0.05, 0) is 32.1 Å². The van der Waals surface area contributed by atoms with E-state index in [1.807, 2.05) is 27.7 Å². The highest BCUT2D eigenvalue weighted by Gasteiger charge is 2.23. The van der Waals surface area contributed by atoms with Crippen molar-refractivity contribution in [2.24, 2.45) is 11.8 Å². The molecule has 1 heterocycles. The van der Waals surface area contributed by atoms with Crippen molar-refractivity contribution >= 4 is 23.6 Å². The Morgan fingerprint density at radius 2 is 1.84 bits per heavy atom. The maximum atomic E-state index is 12.3. The Labute approximate surface area is 155 Å². The number of aryl methyl sites for hydroxylation is 1. The van der Waals surface area contributed by atoms with Crippen LogP contribution in [0.1, 0.15) is 45.5 Å². The first-order valence-electron chi connectivity index (χ1n) is 8.69. The lowest BCUT2D eigenvalue weighted by atomic mass is 10.0. The van der Waals surface area contributed by atoms with Crippen LogP contribution in [-0.4, -0.2) is 40.3 Å². The van der Waals surface area contributed by atoms with E-state index in [-0.39, 0.29) is 17.6 Å². The quantitative estimate of drug-likeness (QED) is 0.535. The average Bonchev–Trinajstić information content (AvgIpc) is 2.78. The number of nitrogens with one attached hydrogen (secondary N) is 1. The number of methoxy groups -OCH3 is 1. The summed E-state index contributed by atoms with van der Waals surface area (Å²) in [4.78, 5) is 28.7. The van der Waals surface area contributed by atoms with Gasteiger partial charge in [-0.3, -0.25) is 4.79 Å². The molecule has 0 spiro atoms. The highest BCUT2D eigenvalue weighted by atomic mass is 32.2. The molecule has 0 saturated heterocycles. The highest BCUT2D eigenvalue weighted by Crippen LogP contribution is 2.22. The van der Waals surface area contributed by atoms with E-state index in [2.05, 4.69) is 28.7 Å². The number of imidazole rings is 1. The Morgan fingerprint density at radius 3 is 2.36 bits per heavy atom. The Kier molecular flexibility index (Phi) is 8.48. The van der Waals surface area contributed by atoms with Crippen molar-refractivity contribution in [3.63, 3.8) is 0 Å². The van der Waals surface area contributed by atoms with Crippen molar-refractivity contribution in [2.75, 3.05) is 12.9 Å². The first-order chi connectivity index (χ1) is 11.6. The average molecular weight is 370 g/mol. The van der Waals surface area contributed by atoms with E-state index < -0.39 is 12.0 Å². The van der Waals surface area contributed by atoms with Gasteiger partial charge in [0.15, 0.2) is 5.16 Å². The van der Waals surface area contributed by atoms with Crippen molar-refractivity contribution in [1.29, 1.82) is 0 Å². The number of thioether (sulfide) groups is 1. The first kappa shape index (κ1) is 21.5. The summed E-state index contributed by atoms with van der Waals surface area (Å²) in [6, 6.07) is -0.600. The van der Waals surface area contributed by atoms with Crippen molar-refractivity contribution < 1.29 is 14.3 Å². The largest absolute Gasteiger partial charge is 0.467 e. The molecular weight excluding hydrogens is 338 g/mol. The minimum atomic E-state index is -0.600. The Bertz CT molecular complexity index is 597. The summed E-state index contributed by atoms with van der Waals surface area (Å²) in [5.41, 5.74) is 2.11. The van der Waals surface area contributed by atoms with Crippen molar-refractivity contribution in [3.8, 4) is 0 Å². The predicted octanol–water partition coefficient (Wildman–Crippen LogP) is 2.95. The normalized spacial score (nSPS) is 12.5. The molecule has 1 N–H and O–H groups in total. The van der Waals surface area contributed by atoms with Crippen LogP contribution >= 0.6 is 11.8 Å². The molecule has 0 aromatic carbocycles. The molecule has 7 heteroatoms. The molecule has 0 aliphatic carbocycles.